The van der Waals surface area contributed by atoms with Crippen LogP contribution >= 0.6 is 22.9 Å². The molecule has 0 bridgehead atoms. The molecule has 35 heavy (non-hydrogen) atoms. The smallest absolute Gasteiger partial charge is 0.268 e. The van der Waals surface area contributed by atoms with Crippen LogP contribution < -0.4 is 5.32 Å². The van der Waals surface area contributed by atoms with Crippen molar-refractivity contribution in [3.05, 3.63) is 50.4 Å². The molecule has 0 radical (unpaired) electrons. The molecule has 0 unspecified atom stereocenters. The highest BCUT2D eigenvalue weighted by Crippen LogP contribution is 2.22. The van der Waals surface area contributed by atoms with Gasteiger partial charge in [0.1, 0.15) is 18.5 Å². The van der Waals surface area contributed by atoms with Gasteiger partial charge >= 0.3 is 0 Å². The van der Waals surface area contributed by atoms with Crippen LogP contribution in [0.5, 0.6) is 0 Å². The van der Waals surface area contributed by atoms with Gasteiger partial charge in [0, 0.05) is 38.3 Å². The Kier molecular flexibility index (Phi) is 10.1. The van der Waals surface area contributed by atoms with Crippen LogP contribution in [0.1, 0.15) is 53.4 Å². The van der Waals surface area contributed by atoms with Gasteiger partial charge in [0.2, 0.25) is 0 Å². The van der Waals surface area contributed by atoms with Crippen LogP contribution in [0.3, 0.4) is 0 Å². The molecule has 10 heteroatoms. The van der Waals surface area contributed by atoms with E-state index >= 15 is 0 Å². The van der Waals surface area contributed by atoms with Crippen molar-refractivity contribution >= 4 is 41.0 Å². The van der Waals surface area contributed by atoms with E-state index in [1.165, 1.54) is 13.3 Å². The number of aryl methyl sites for hydroxylation is 2. The second-order valence-electron chi connectivity index (χ2n) is 8.90. The largest absolute Gasteiger partial charge is 0.399 e. The third-order valence-corrected chi connectivity index (χ3v) is 7.41. The van der Waals surface area contributed by atoms with Crippen LogP contribution in [0.2, 0.25) is 5.15 Å². The highest BCUT2D eigenvalue weighted by Gasteiger charge is 2.29. The summed E-state index contributed by atoms with van der Waals surface area (Å²) in [5.74, 6) is -0.245. The molecule has 1 atom stereocenters. The van der Waals surface area contributed by atoms with Gasteiger partial charge in [0.15, 0.2) is 0 Å². The molecular weight excluding hydrogens is 486 g/mol. The van der Waals surface area contributed by atoms with E-state index in [4.69, 9.17) is 16.4 Å². The van der Waals surface area contributed by atoms with Gasteiger partial charge in [-0.1, -0.05) is 16.8 Å². The van der Waals surface area contributed by atoms with Crippen molar-refractivity contribution in [2.75, 3.05) is 26.7 Å². The zero-order valence-corrected chi connectivity index (χ0v) is 22.4. The van der Waals surface area contributed by atoms with Gasteiger partial charge in [-0.2, -0.15) is 11.3 Å². The van der Waals surface area contributed by atoms with E-state index in [0.717, 1.165) is 43.5 Å². The average molecular weight is 520 g/mol. The summed E-state index contributed by atoms with van der Waals surface area (Å²) in [5.41, 5.74) is 3.18. The van der Waals surface area contributed by atoms with Crippen molar-refractivity contribution in [3.63, 3.8) is 0 Å². The number of piperidine rings is 1. The van der Waals surface area contributed by atoms with Crippen LogP contribution in [0.4, 0.5) is 0 Å². The maximum atomic E-state index is 12.8. The lowest BCUT2D eigenvalue weighted by Crippen LogP contribution is -2.49. The number of halogens is 1. The minimum Gasteiger partial charge on any atom is -0.399 e. The predicted octanol–water partition coefficient (Wildman–Crippen LogP) is 4.05. The molecule has 0 aromatic carbocycles. The Labute approximate surface area is 216 Å². The van der Waals surface area contributed by atoms with Crippen molar-refractivity contribution in [2.45, 2.75) is 58.7 Å². The number of aromatic nitrogens is 1. The topological polar surface area (TPSA) is 87.1 Å². The van der Waals surface area contributed by atoms with Crippen LogP contribution in [-0.2, 0) is 16.2 Å². The van der Waals surface area contributed by atoms with Crippen molar-refractivity contribution < 1.29 is 14.4 Å². The molecule has 3 rings (SSSR count). The number of hydrogen-bond donors (Lipinski definition) is 1. The fourth-order valence-corrected chi connectivity index (χ4v) is 5.52. The van der Waals surface area contributed by atoms with Gasteiger partial charge in [-0.25, -0.2) is 4.98 Å². The summed E-state index contributed by atoms with van der Waals surface area (Å²) in [6.45, 7) is 8.80. The van der Waals surface area contributed by atoms with E-state index in [1.54, 1.807) is 24.3 Å². The number of hydrogen-bond acceptors (Lipinski definition) is 7. The third-order valence-electron chi connectivity index (χ3n) is 6.49. The fraction of sp³-hybridized carbons (Fsp3) is 0.520. The number of carbonyl (C=O) groups excluding carboxylic acids is 2. The lowest BCUT2D eigenvalue weighted by Gasteiger charge is -2.40. The van der Waals surface area contributed by atoms with Gasteiger partial charge in [-0.15, -0.1) is 0 Å². The summed E-state index contributed by atoms with van der Waals surface area (Å²) in [6, 6.07) is 4.23. The van der Waals surface area contributed by atoms with Gasteiger partial charge < -0.3 is 20.0 Å². The first-order valence-electron chi connectivity index (χ1n) is 11.8. The molecule has 1 aliphatic heterocycles. The number of rotatable bonds is 10. The standard InChI is InChI=1S/C25H34ClN5O3S/c1-17-13-22(26)29-19(3)24(17)25(33)27-9-5-18(2)30-10-6-21(7-11-30)31(23(32)14-28-34-4)15-20-8-12-35-16-20/h8,12-14,16,18,21H,5-7,9-11,15H2,1-4H3,(H,27,33)/b28-14+/t18-/m1/s1. The maximum Gasteiger partial charge on any atom is 0.268 e. The predicted molar refractivity (Wildman–Crippen MR) is 140 cm³/mol. The molecule has 0 spiro atoms. The zero-order valence-electron chi connectivity index (χ0n) is 20.8. The Morgan fingerprint density at radius 2 is 2.14 bits per heavy atom. The van der Waals surface area contributed by atoms with Crippen molar-refractivity contribution in [3.8, 4) is 0 Å². The molecule has 3 heterocycles. The number of thiophene rings is 1. The molecule has 2 amide bonds. The third kappa shape index (κ3) is 7.49. The van der Waals surface area contributed by atoms with E-state index in [-0.39, 0.29) is 17.9 Å². The van der Waals surface area contributed by atoms with E-state index in [2.05, 4.69) is 32.7 Å². The number of pyridine rings is 1. The lowest BCUT2D eigenvalue weighted by atomic mass is 10.00. The molecule has 0 saturated carbocycles. The van der Waals surface area contributed by atoms with Gasteiger partial charge in [0.05, 0.1) is 11.3 Å². The number of nitrogens with zero attached hydrogens (tertiary/aromatic N) is 4. The number of likely N-dealkylation sites (tertiary alicyclic amines) is 1. The molecule has 2 aromatic heterocycles. The second-order valence-corrected chi connectivity index (χ2v) is 10.1. The van der Waals surface area contributed by atoms with Crippen LogP contribution in [-0.4, -0.2) is 71.6 Å². The summed E-state index contributed by atoms with van der Waals surface area (Å²) in [5, 5.41) is 11.2. The number of oxime groups is 1. The first-order valence-corrected chi connectivity index (χ1v) is 13.2. The highest BCUT2D eigenvalue weighted by atomic mass is 35.5. The molecule has 1 saturated heterocycles. The van der Waals surface area contributed by atoms with E-state index < -0.39 is 0 Å². The second kappa shape index (κ2) is 13.0. The summed E-state index contributed by atoms with van der Waals surface area (Å²) in [6.07, 6.45) is 3.88. The number of amides is 2. The molecular formula is C25H34ClN5O3S. The van der Waals surface area contributed by atoms with Gasteiger partial charge in [-0.3, -0.25) is 9.59 Å². The molecule has 1 fully saturated rings. The minimum atomic E-state index is -0.130. The Morgan fingerprint density at radius 1 is 1.40 bits per heavy atom. The molecule has 0 aliphatic carbocycles. The maximum absolute atomic E-state index is 12.8. The zero-order chi connectivity index (χ0) is 25.4. The first kappa shape index (κ1) is 27.1. The molecule has 190 valence electrons. The molecule has 1 N–H and O–H groups in total. The van der Waals surface area contributed by atoms with Crippen LogP contribution in [0.15, 0.2) is 28.0 Å². The van der Waals surface area contributed by atoms with Gasteiger partial charge in [0.25, 0.3) is 11.8 Å². The lowest BCUT2D eigenvalue weighted by molar-refractivity contribution is -0.127. The number of carbonyl (C=O) groups is 2. The van der Waals surface area contributed by atoms with Crippen molar-refractivity contribution in [1.82, 2.24) is 20.1 Å². The summed E-state index contributed by atoms with van der Waals surface area (Å²) < 4.78 is 0. The molecule has 2 aromatic rings. The normalized spacial score (nSPS) is 15.8. The SMILES string of the molecule is CO/N=C/C(=O)N(Cc1ccsc1)C1CCN([C@H](C)CCNC(=O)c2c(C)cc(Cl)nc2C)CC1. The Balaban J connectivity index is 1.50. The monoisotopic (exact) mass is 519 g/mol. The minimum absolute atomic E-state index is 0.115. The Bertz CT molecular complexity index is 999. The Hall–Kier alpha value is -2.49. The van der Waals surface area contributed by atoms with Crippen molar-refractivity contribution in [1.29, 1.82) is 0 Å². The highest BCUT2D eigenvalue weighted by molar-refractivity contribution is 7.07. The fourth-order valence-electron chi connectivity index (χ4n) is 4.57. The summed E-state index contributed by atoms with van der Waals surface area (Å²) >= 11 is 7.61. The molecule has 1 aliphatic rings. The van der Waals surface area contributed by atoms with E-state index in [0.29, 0.717) is 35.5 Å². The van der Waals surface area contributed by atoms with Gasteiger partial charge in [-0.05, 0) is 74.1 Å². The van der Waals surface area contributed by atoms with Crippen molar-refractivity contribution in [2.24, 2.45) is 5.16 Å². The quantitative estimate of drug-likeness (QED) is 0.291. The van der Waals surface area contributed by atoms with Crippen LogP contribution in [0.25, 0.3) is 0 Å². The van der Waals surface area contributed by atoms with E-state index in [9.17, 15) is 9.59 Å². The van der Waals surface area contributed by atoms with E-state index in [1.807, 2.05) is 23.3 Å². The number of nitrogens with one attached hydrogen (secondary N) is 1. The van der Waals surface area contributed by atoms with Crippen LogP contribution in [0, 0.1) is 13.8 Å². The molecule has 8 nitrogen and oxygen atoms in total. The summed E-state index contributed by atoms with van der Waals surface area (Å²) in [4.78, 5) is 38.7. The average Bonchev–Trinajstić information content (AvgIpc) is 3.34. The summed E-state index contributed by atoms with van der Waals surface area (Å²) in [7, 11) is 1.43. The first-order chi connectivity index (χ1) is 16.8. The Morgan fingerprint density at radius 3 is 2.77 bits per heavy atom.